The fourth-order valence-corrected chi connectivity index (χ4v) is 1.92. The maximum atomic E-state index is 13.5. The van der Waals surface area contributed by atoms with Gasteiger partial charge in [-0.05, 0) is 34.4 Å². The lowest BCUT2D eigenvalue weighted by molar-refractivity contribution is 0.588. The summed E-state index contributed by atoms with van der Waals surface area (Å²) in [5.41, 5.74) is 0. The molecule has 76 valence electrons. The number of benzene rings is 3. The first-order chi connectivity index (χ1) is 7.75. The van der Waals surface area contributed by atoms with Gasteiger partial charge in [-0.2, -0.15) is 0 Å². The Labute approximate surface area is 91.1 Å². The van der Waals surface area contributed by atoms with Crippen molar-refractivity contribution >= 4 is 21.5 Å². The highest BCUT2D eigenvalue weighted by Crippen LogP contribution is 2.27. The Kier molecular flexibility index (Phi) is 1.90. The first-order valence-corrected chi connectivity index (χ1v) is 4.85. The van der Waals surface area contributed by atoms with Crippen molar-refractivity contribution in [3.63, 3.8) is 0 Å². The number of fused-ring (bicyclic) bond motifs is 3. The molecule has 2 radical (unpaired) electrons. The van der Waals surface area contributed by atoms with Gasteiger partial charge in [-0.25, -0.2) is 8.78 Å². The number of rotatable bonds is 0. The van der Waals surface area contributed by atoms with Gasteiger partial charge in [-0.1, -0.05) is 24.3 Å². The quantitative estimate of drug-likeness (QED) is 0.496. The minimum absolute atomic E-state index is 0.389. The van der Waals surface area contributed by atoms with Crippen LogP contribution in [0.25, 0.3) is 21.5 Å². The summed E-state index contributed by atoms with van der Waals surface area (Å²) in [6.45, 7) is 0. The van der Waals surface area contributed by atoms with E-state index in [-0.39, 0.29) is 0 Å². The Hall–Kier alpha value is -1.96. The molecule has 0 aliphatic carbocycles. The zero-order valence-corrected chi connectivity index (χ0v) is 8.22. The highest BCUT2D eigenvalue weighted by Gasteiger charge is 2.07. The SMILES string of the molecule is Fc1[c]c(F)c2ccc3c[c]ccc3c2c1. The second-order valence-electron chi connectivity index (χ2n) is 3.61. The standard InChI is InChI=1S/C14H6F2/c15-10-7-13-11-4-2-1-3-9(11)5-6-12(13)14(16)8-10/h2-7H. The number of halogens is 2. The van der Waals surface area contributed by atoms with Crippen LogP contribution in [0.4, 0.5) is 8.78 Å². The molecule has 0 amide bonds. The third kappa shape index (κ3) is 1.27. The van der Waals surface area contributed by atoms with Crippen molar-refractivity contribution in [3.8, 4) is 0 Å². The minimum Gasteiger partial charge on any atom is -0.206 e. The Morgan fingerprint density at radius 3 is 2.69 bits per heavy atom. The van der Waals surface area contributed by atoms with Crippen molar-refractivity contribution in [1.29, 1.82) is 0 Å². The molecule has 0 spiro atoms. The molecular formula is C14H6F2. The zero-order valence-electron chi connectivity index (χ0n) is 8.22. The van der Waals surface area contributed by atoms with Crippen molar-refractivity contribution in [1.82, 2.24) is 0 Å². The van der Waals surface area contributed by atoms with E-state index in [9.17, 15) is 8.78 Å². The molecule has 2 heteroatoms. The molecule has 0 aliphatic heterocycles. The maximum Gasteiger partial charge on any atom is 0.142 e. The fraction of sp³-hybridized carbons (Fsp3) is 0. The van der Waals surface area contributed by atoms with Gasteiger partial charge in [0.05, 0.1) is 6.07 Å². The van der Waals surface area contributed by atoms with E-state index in [1.54, 1.807) is 30.3 Å². The summed E-state index contributed by atoms with van der Waals surface area (Å²) in [5, 5.41) is 2.70. The van der Waals surface area contributed by atoms with Crippen LogP contribution in [0.3, 0.4) is 0 Å². The fourth-order valence-electron chi connectivity index (χ4n) is 1.92. The molecule has 0 bridgehead atoms. The van der Waals surface area contributed by atoms with Crippen molar-refractivity contribution in [2.75, 3.05) is 0 Å². The van der Waals surface area contributed by atoms with Gasteiger partial charge in [-0.3, -0.25) is 0 Å². The van der Waals surface area contributed by atoms with E-state index in [0.717, 1.165) is 10.8 Å². The molecule has 0 aliphatic rings. The zero-order chi connectivity index (χ0) is 11.1. The van der Waals surface area contributed by atoms with Crippen LogP contribution in [0.5, 0.6) is 0 Å². The molecule has 0 unspecified atom stereocenters. The lowest BCUT2D eigenvalue weighted by Gasteiger charge is -2.04. The molecular weight excluding hydrogens is 206 g/mol. The van der Waals surface area contributed by atoms with E-state index in [1.165, 1.54) is 6.07 Å². The van der Waals surface area contributed by atoms with Crippen LogP contribution in [0.15, 0.2) is 36.4 Å². The predicted octanol–water partition coefficient (Wildman–Crippen LogP) is 3.87. The van der Waals surface area contributed by atoms with E-state index < -0.39 is 11.6 Å². The van der Waals surface area contributed by atoms with Crippen molar-refractivity contribution < 1.29 is 8.78 Å². The second kappa shape index (κ2) is 3.27. The molecule has 0 aromatic heterocycles. The first kappa shape index (κ1) is 9.28. The molecule has 0 fully saturated rings. The Bertz CT molecular complexity index is 687. The Morgan fingerprint density at radius 2 is 1.81 bits per heavy atom. The molecule has 3 rings (SSSR count). The van der Waals surface area contributed by atoms with Crippen LogP contribution < -0.4 is 0 Å². The lowest BCUT2D eigenvalue weighted by Crippen LogP contribution is -1.85. The average Bonchev–Trinajstić information content (AvgIpc) is 2.28. The number of hydrogen-bond donors (Lipinski definition) is 0. The predicted molar refractivity (Wildman–Crippen MR) is 59.0 cm³/mol. The molecule has 3 aromatic rings. The van der Waals surface area contributed by atoms with Crippen LogP contribution in [-0.4, -0.2) is 0 Å². The van der Waals surface area contributed by atoms with Gasteiger partial charge in [0.25, 0.3) is 0 Å². The van der Waals surface area contributed by atoms with E-state index in [4.69, 9.17) is 0 Å². The van der Waals surface area contributed by atoms with Crippen LogP contribution in [0, 0.1) is 23.8 Å². The van der Waals surface area contributed by atoms with Crippen LogP contribution in [0.2, 0.25) is 0 Å². The van der Waals surface area contributed by atoms with Crippen LogP contribution in [-0.2, 0) is 0 Å². The van der Waals surface area contributed by atoms with Gasteiger partial charge in [0.15, 0.2) is 0 Å². The summed E-state index contributed by atoms with van der Waals surface area (Å²) in [5.74, 6) is -1.32. The van der Waals surface area contributed by atoms with Gasteiger partial charge in [0.2, 0.25) is 0 Å². The van der Waals surface area contributed by atoms with E-state index in [0.29, 0.717) is 10.8 Å². The molecule has 0 saturated heterocycles. The molecule has 0 saturated carbocycles. The van der Waals surface area contributed by atoms with Gasteiger partial charge in [0, 0.05) is 5.39 Å². The third-order valence-corrected chi connectivity index (χ3v) is 2.64. The van der Waals surface area contributed by atoms with Gasteiger partial charge in [-0.15, -0.1) is 0 Å². The monoisotopic (exact) mass is 212 g/mol. The third-order valence-electron chi connectivity index (χ3n) is 2.64. The normalized spacial score (nSPS) is 11.1. The summed E-state index contributed by atoms with van der Waals surface area (Å²) in [4.78, 5) is 0. The van der Waals surface area contributed by atoms with Gasteiger partial charge < -0.3 is 0 Å². The highest BCUT2D eigenvalue weighted by molar-refractivity contribution is 6.07. The van der Waals surface area contributed by atoms with Gasteiger partial charge >= 0.3 is 0 Å². The summed E-state index contributed by atoms with van der Waals surface area (Å²) in [7, 11) is 0. The molecule has 0 heterocycles. The smallest absolute Gasteiger partial charge is 0.142 e. The average molecular weight is 212 g/mol. The minimum atomic E-state index is -0.676. The second-order valence-corrected chi connectivity index (χ2v) is 3.61. The molecule has 0 atom stereocenters. The van der Waals surface area contributed by atoms with Crippen LogP contribution in [0.1, 0.15) is 0 Å². The summed E-state index contributed by atoms with van der Waals surface area (Å²) in [6.07, 6.45) is 0. The van der Waals surface area contributed by atoms with Crippen LogP contribution >= 0.6 is 0 Å². The highest BCUT2D eigenvalue weighted by atomic mass is 19.1. The van der Waals surface area contributed by atoms with E-state index >= 15 is 0 Å². The molecule has 0 N–H and O–H groups in total. The summed E-state index contributed by atoms with van der Waals surface area (Å²) < 4.78 is 26.6. The lowest BCUT2D eigenvalue weighted by atomic mass is 10.0. The summed E-state index contributed by atoms with van der Waals surface area (Å²) >= 11 is 0. The number of hydrogen-bond acceptors (Lipinski definition) is 0. The first-order valence-electron chi connectivity index (χ1n) is 4.85. The largest absolute Gasteiger partial charge is 0.206 e. The van der Waals surface area contributed by atoms with Crippen molar-refractivity contribution in [2.24, 2.45) is 0 Å². The van der Waals surface area contributed by atoms with E-state index in [1.807, 2.05) is 6.07 Å². The molecule has 0 nitrogen and oxygen atoms in total. The summed E-state index contributed by atoms with van der Waals surface area (Å²) in [6, 6.07) is 15.0. The van der Waals surface area contributed by atoms with E-state index in [2.05, 4.69) is 6.07 Å². The molecule has 16 heavy (non-hydrogen) atoms. The molecule has 3 aromatic carbocycles. The maximum absolute atomic E-state index is 13.5. The van der Waals surface area contributed by atoms with Crippen molar-refractivity contribution in [3.05, 3.63) is 60.2 Å². The topological polar surface area (TPSA) is 0 Å². The Morgan fingerprint density at radius 1 is 0.938 bits per heavy atom. The van der Waals surface area contributed by atoms with Crippen molar-refractivity contribution in [2.45, 2.75) is 0 Å². The van der Waals surface area contributed by atoms with Gasteiger partial charge in [0.1, 0.15) is 11.6 Å². The Balaban J connectivity index is 2.59.